The maximum Gasteiger partial charge on any atom is 0.337 e. The Morgan fingerprint density at radius 2 is 1.85 bits per heavy atom. The van der Waals surface area contributed by atoms with Crippen molar-refractivity contribution < 1.29 is 13.9 Å². The second-order valence-corrected chi connectivity index (χ2v) is 6.92. The van der Waals surface area contributed by atoms with Gasteiger partial charge >= 0.3 is 5.97 Å². The SMILES string of the molecule is COC(=O)c1ccc2nc(-c3ccc(F)cc3)c(NC3CCCC3)cc2c1. The molecule has 0 saturated heterocycles. The van der Waals surface area contributed by atoms with Crippen molar-refractivity contribution in [2.75, 3.05) is 12.4 Å². The minimum atomic E-state index is -0.371. The fourth-order valence-electron chi connectivity index (χ4n) is 3.65. The van der Waals surface area contributed by atoms with Crippen LogP contribution in [-0.2, 0) is 4.74 Å². The van der Waals surface area contributed by atoms with Gasteiger partial charge in [0.15, 0.2) is 0 Å². The number of hydrogen-bond donors (Lipinski definition) is 1. The average molecular weight is 364 g/mol. The predicted molar refractivity (Wildman–Crippen MR) is 104 cm³/mol. The standard InChI is InChI=1S/C22H21FN2O2/c1-27-22(26)15-8-11-19-16(12-15)13-20(24-18-4-2-3-5-18)21(25-19)14-6-9-17(23)10-7-14/h6-13,18,24H,2-5H2,1H3. The van der Waals surface area contributed by atoms with E-state index < -0.39 is 0 Å². The smallest absolute Gasteiger partial charge is 0.337 e. The van der Waals surface area contributed by atoms with Crippen LogP contribution in [0, 0.1) is 5.82 Å². The Hall–Kier alpha value is -2.95. The maximum absolute atomic E-state index is 13.4. The maximum atomic E-state index is 13.4. The zero-order valence-corrected chi connectivity index (χ0v) is 15.2. The summed E-state index contributed by atoms with van der Waals surface area (Å²) in [5.41, 5.74) is 3.83. The first-order chi connectivity index (χ1) is 13.1. The van der Waals surface area contributed by atoms with Crippen LogP contribution in [-0.4, -0.2) is 24.1 Å². The lowest BCUT2D eigenvalue weighted by molar-refractivity contribution is 0.0601. The van der Waals surface area contributed by atoms with Crippen LogP contribution in [0.2, 0.25) is 0 Å². The molecule has 1 fully saturated rings. The summed E-state index contributed by atoms with van der Waals surface area (Å²) in [6, 6.07) is 14.1. The second-order valence-electron chi connectivity index (χ2n) is 6.92. The lowest BCUT2D eigenvalue weighted by Gasteiger charge is -2.18. The highest BCUT2D eigenvalue weighted by Crippen LogP contribution is 2.33. The fraction of sp³-hybridized carbons (Fsp3) is 0.273. The molecule has 3 aromatic rings. The van der Waals surface area contributed by atoms with E-state index in [1.54, 1.807) is 24.3 Å². The number of anilines is 1. The Morgan fingerprint density at radius 3 is 2.56 bits per heavy atom. The molecule has 0 atom stereocenters. The Labute approximate surface area is 157 Å². The van der Waals surface area contributed by atoms with E-state index in [4.69, 9.17) is 9.72 Å². The predicted octanol–water partition coefficient (Wildman–Crippen LogP) is 5.18. The van der Waals surface area contributed by atoms with Gasteiger partial charge in [0, 0.05) is 17.0 Å². The molecule has 0 bridgehead atoms. The zero-order chi connectivity index (χ0) is 18.8. The van der Waals surface area contributed by atoms with E-state index in [2.05, 4.69) is 5.32 Å². The van der Waals surface area contributed by atoms with E-state index >= 15 is 0 Å². The minimum Gasteiger partial charge on any atom is -0.465 e. The third kappa shape index (κ3) is 3.63. The van der Waals surface area contributed by atoms with Crippen molar-refractivity contribution in [3.63, 3.8) is 0 Å². The van der Waals surface area contributed by atoms with E-state index in [1.165, 1.54) is 32.1 Å². The molecule has 0 amide bonds. The summed E-state index contributed by atoms with van der Waals surface area (Å²) in [6.45, 7) is 0. The molecule has 4 nitrogen and oxygen atoms in total. The fourth-order valence-corrected chi connectivity index (χ4v) is 3.65. The molecule has 1 aliphatic rings. The molecule has 1 aromatic heterocycles. The van der Waals surface area contributed by atoms with Gasteiger partial charge in [-0.05, 0) is 61.4 Å². The number of nitrogens with one attached hydrogen (secondary N) is 1. The Balaban J connectivity index is 1.83. The lowest BCUT2D eigenvalue weighted by Crippen LogP contribution is -2.15. The number of esters is 1. The summed E-state index contributed by atoms with van der Waals surface area (Å²) in [7, 11) is 1.37. The van der Waals surface area contributed by atoms with Crippen molar-refractivity contribution in [3.8, 4) is 11.3 Å². The summed E-state index contributed by atoms with van der Waals surface area (Å²) in [6.07, 6.45) is 4.69. The van der Waals surface area contributed by atoms with Crippen LogP contribution in [0.5, 0.6) is 0 Å². The number of fused-ring (bicyclic) bond motifs is 1. The molecule has 2 aromatic carbocycles. The van der Waals surface area contributed by atoms with Crippen LogP contribution >= 0.6 is 0 Å². The van der Waals surface area contributed by atoms with Gasteiger partial charge in [0.05, 0.1) is 29.6 Å². The summed E-state index contributed by atoms with van der Waals surface area (Å²) in [5.74, 6) is -0.641. The number of aromatic nitrogens is 1. The number of pyridine rings is 1. The highest BCUT2D eigenvalue weighted by molar-refractivity contribution is 5.96. The van der Waals surface area contributed by atoms with E-state index in [9.17, 15) is 9.18 Å². The molecular formula is C22H21FN2O2. The highest BCUT2D eigenvalue weighted by atomic mass is 19.1. The summed E-state index contributed by atoms with van der Waals surface area (Å²) in [4.78, 5) is 16.7. The normalized spacial score (nSPS) is 14.4. The topological polar surface area (TPSA) is 51.2 Å². The quantitative estimate of drug-likeness (QED) is 0.648. The number of methoxy groups -OCH3 is 1. The summed E-state index contributed by atoms with van der Waals surface area (Å²) in [5, 5.41) is 4.47. The van der Waals surface area contributed by atoms with Gasteiger partial charge < -0.3 is 10.1 Å². The van der Waals surface area contributed by atoms with Gasteiger partial charge in [0.2, 0.25) is 0 Å². The van der Waals surface area contributed by atoms with Gasteiger partial charge in [-0.1, -0.05) is 12.8 Å². The van der Waals surface area contributed by atoms with Crippen molar-refractivity contribution in [1.82, 2.24) is 4.98 Å². The molecule has 4 rings (SSSR count). The molecular weight excluding hydrogens is 343 g/mol. The van der Waals surface area contributed by atoms with Crippen LogP contribution in [0.3, 0.4) is 0 Å². The van der Waals surface area contributed by atoms with Gasteiger partial charge in [-0.25, -0.2) is 14.2 Å². The van der Waals surface area contributed by atoms with E-state index in [0.717, 1.165) is 40.7 Å². The monoisotopic (exact) mass is 364 g/mol. The van der Waals surface area contributed by atoms with Crippen molar-refractivity contribution in [1.29, 1.82) is 0 Å². The third-order valence-corrected chi connectivity index (χ3v) is 5.07. The van der Waals surface area contributed by atoms with Crippen molar-refractivity contribution >= 4 is 22.6 Å². The Kier molecular flexibility index (Phi) is 4.75. The molecule has 1 heterocycles. The first kappa shape index (κ1) is 17.5. The zero-order valence-electron chi connectivity index (χ0n) is 15.2. The van der Waals surface area contributed by atoms with Gasteiger partial charge in [0.1, 0.15) is 5.82 Å². The Bertz CT molecular complexity index is 980. The second kappa shape index (κ2) is 7.35. The van der Waals surface area contributed by atoms with Gasteiger partial charge in [-0.3, -0.25) is 0 Å². The number of carbonyl (C=O) groups is 1. The van der Waals surface area contributed by atoms with Gasteiger partial charge in [0.25, 0.3) is 0 Å². The number of benzene rings is 2. The molecule has 0 spiro atoms. The number of ether oxygens (including phenoxy) is 1. The minimum absolute atomic E-state index is 0.271. The number of carbonyl (C=O) groups excluding carboxylic acids is 1. The molecule has 27 heavy (non-hydrogen) atoms. The first-order valence-electron chi connectivity index (χ1n) is 9.19. The number of hydrogen-bond acceptors (Lipinski definition) is 4. The molecule has 5 heteroatoms. The van der Waals surface area contributed by atoms with Crippen LogP contribution in [0.1, 0.15) is 36.0 Å². The van der Waals surface area contributed by atoms with Crippen LogP contribution in [0.4, 0.5) is 10.1 Å². The van der Waals surface area contributed by atoms with E-state index in [-0.39, 0.29) is 11.8 Å². The van der Waals surface area contributed by atoms with Crippen LogP contribution < -0.4 is 5.32 Å². The van der Waals surface area contributed by atoms with Crippen molar-refractivity contribution in [3.05, 3.63) is 59.9 Å². The van der Waals surface area contributed by atoms with Gasteiger partial charge in [-0.15, -0.1) is 0 Å². The first-order valence-corrected chi connectivity index (χ1v) is 9.19. The number of halogens is 1. The van der Waals surface area contributed by atoms with Crippen molar-refractivity contribution in [2.45, 2.75) is 31.7 Å². The van der Waals surface area contributed by atoms with E-state index in [0.29, 0.717) is 11.6 Å². The summed E-state index contributed by atoms with van der Waals surface area (Å²) < 4.78 is 18.2. The van der Waals surface area contributed by atoms with Crippen LogP contribution in [0.25, 0.3) is 22.2 Å². The van der Waals surface area contributed by atoms with E-state index in [1.807, 2.05) is 12.1 Å². The van der Waals surface area contributed by atoms with Crippen LogP contribution in [0.15, 0.2) is 48.5 Å². The van der Waals surface area contributed by atoms with Gasteiger partial charge in [-0.2, -0.15) is 0 Å². The third-order valence-electron chi connectivity index (χ3n) is 5.07. The van der Waals surface area contributed by atoms with Crippen molar-refractivity contribution in [2.24, 2.45) is 0 Å². The summed E-state index contributed by atoms with van der Waals surface area (Å²) >= 11 is 0. The average Bonchev–Trinajstić information content (AvgIpc) is 3.20. The molecule has 0 unspecified atom stereocenters. The highest BCUT2D eigenvalue weighted by Gasteiger charge is 2.18. The molecule has 138 valence electrons. The number of rotatable bonds is 4. The largest absolute Gasteiger partial charge is 0.465 e. The molecule has 1 saturated carbocycles. The Morgan fingerprint density at radius 1 is 1.11 bits per heavy atom. The molecule has 0 radical (unpaired) electrons. The molecule has 1 N–H and O–H groups in total. The number of nitrogens with zero attached hydrogens (tertiary/aromatic N) is 1. The molecule has 1 aliphatic carbocycles. The molecule has 0 aliphatic heterocycles. The lowest BCUT2D eigenvalue weighted by atomic mass is 10.0.